The average Bonchev–Trinajstić information content (AvgIpc) is 3.08. The normalized spacial score (nSPS) is 10.4. The van der Waals surface area contributed by atoms with E-state index >= 15 is 0 Å². The molecule has 2 aromatic rings. The highest BCUT2D eigenvalue weighted by molar-refractivity contribution is 5.94. The monoisotopic (exact) mass is 349 g/mol. The summed E-state index contributed by atoms with van der Waals surface area (Å²) in [5.41, 5.74) is 0.457. The number of carbonyl (C=O) groups excluding carboxylic acids is 1. The van der Waals surface area contributed by atoms with Crippen molar-refractivity contribution in [3.8, 4) is 5.75 Å². The van der Waals surface area contributed by atoms with Gasteiger partial charge in [-0.3, -0.25) is 4.79 Å². The lowest BCUT2D eigenvalue weighted by molar-refractivity contribution is -0.142. The van der Waals surface area contributed by atoms with E-state index in [1.54, 1.807) is 24.3 Å². The fourth-order valence-corrected chi connectivity index (χ4v) is 1.84. The number of carboxylic acids is 1. The van der Waals surface area contributed by atoms with E-state index in [0.717, 1.165) is 0 Å². The minimum atomic E-state index is -1.05. The molecule has 1 heterocycles. The molecule has 1 amide bonds. The largest absolute Gasteiger partial charge is 0.485 e. The van der Waals surface area contributed by atoms with Gasteiger partial charge in [0, 0.05) is 18.5 Å². The van der Waals surface area contributed by atoms with E-state index in [4.69, 9.17) is 19.1 Å². The number of amides is 1. The van der Waals surface area contributed by atoms with Crippen molar-refractivity contribution >= 4 is 11.9 Å². The number of ether oxygens (including phenoxy) is 2. The molecular formula is C16H19N3O6. The molecule has 9 heteroatoms. The van der Waals surface area contributed by atoms with Crippen molar-refractivity contribution in [2.75, 3.05) is 19.8 Å². The van der Waals surface area contributed by atoms with E-state index in [9.17, 15) is 9.59 Å². The molecule has 2 rings (SSSR count). The number of carboxylic acid groups (broad SMARTS) is 1. The van der Waals surface area contributed by atoms with Gasteiger partial charge in [-0.05, 0) is 24.3 Å². The number of carbonyl (C=O) groups is 2. The fourth-order valence-electron chi connectivity index (χ4n) is 1.84. The molecule has 1 aromatic heterocycles. The van der Waals surface area contributed by atoms with Gasteiger partial charge in [-0.2, -0.15) is 4.98 Å². The van der Waals surface area contributed by atoms with Crippen LogP contribution in [0.2, 0.25) is 0 Å². The van der Waals surface area contributed by atoms with Gasteiger partial charge in [0.25, 0.3) is 5.91 Å². The van der Waals surface area contributed by atoms with Crippen molar-refractivity contribution in [1.82, 2.24) is 15.5 Å². The topological polar surface area (TPSA) is 124 Å². The first-order chi connectivity index (χ1) is 12.1. The Balaban J connectivity index is 1.74. The van der Waals surface area contributed by atoms with Crippen LogP contribution in [-0.2, 0) is 22.6 Å². The van der Waals surface area contributed by atoms with Crippen LogP contribution in [-0.4, -0.2) is 46.9 Å². The van der Waals surface area contributed by atoms with Gasteiger partial charge in [-0.15, -0.1) is 0 Å². The highest BCUT2D eigenvalue weighted by Gasteiger charge is 2.07. The van der Waals surface area contributed by atoms with Gasteiger partial charge >= 0.3 is 5.97 Å². The first-order valence-corrected chi connectivity index (χ1v) is 7.70. The molecule has 1 aromatic carbocycles. The third kappa shape index (κ3) is 6.22. The average molecular weight is 349 g/mol. The smallest absolute Gasteiger partial charge is 0.329 e. The van der Waals surface area contributed by atoms with Crippen LogP contribution in [0.4, 0.5) is 0 Å². The maximum Gasteiger partial charge on any atom is 0.329 e. The second-order valence-electron chi connectivity index (χ2n) is 4.97. The lowest BCUT2D eigenvalue weighted by Gasteiger charge is -2.07. The quantitative estimate of drug-likeness (QED) is 0.610. The number of hydrogen-bond acceptors (Lipinski definition) is 7. The maximum atomic E-state index is 11.9. The predicted octanol–water partition coefficient (Wildman–Crippen LogP) is 1.04. The van der Waals surface area contributed by atoms with Gasteiger partial charge in [-0.25, -0.2) is 4.79 Å². The Morgan fingerprint density at radius 3 is 2.68 bits per heavy atom. The molecule has 0 aliphatic heterocycles. The standard InChI is InChI=1S/C16H19N3O6/c1-2-14-18-13(19-25-14)9-24-12-5-3-11(4-6-12)16(22)17-7-8-23-10-15(20)21/h3-6H,2,7-10H2,1H3,(H,17,22)(H,20,21). The van der Waals surface area contributed by atoms with Gasteiger partial charge in [0.2, 0.25) is 11.7 Å². The minimum Gasteiger partial charge on any atom is -0.485 e. The number of nitrogens with one attached hydrogen (secondary N) is 1. The summed E-state index contributed by atoms with van der Waals surface area (Å²) >= 11 is 0. The molecule has 0 atom stereocenters. The first kappa shape index (κ1) is 18.4. The molecule has 0 radical (unpaired) electrons. The molecule has 0 aliphatic carbocycles. The molecule has 9 nitrogen and oxygen atoms in total. The van der Waals surface area contributed by atoms with E-state index < -0.39 is 5.97 Å². The van der Waals surface area contributed by atoms with Gasteiger partial charge in [-0.1, -0.05) is 12.1 Å². The van der Waals surface area contributed by atoms with E-state index in [1.165, 1.54) is 0 Å². The van der Waals surface area contributed by atoms with E-state index in [-0.39, 0.29) is 32.3 Å². The Kier molecular flexibility index (Phi) is 6.90. The van der Waals surface area contributed by atoms with Crippen molar-refractivity contribution in [3.63, 3.8) is 0 Å². The van der Waals surface area contributed by atoms with Crippen LogP contribution in [0, 0.1) is 0 Å². The van der Waals surface area contributed by atoms with E-state index in [2.05, 4.69) is 15.5 Å². The molecule has 0 unspecified atom stereocenters. The molecule has 0 bridgehead atoms. The van der Waals surface area contributed by atoms with Crippen LogP contribution in [0.3, 0.4) is 0 Å². The molecule has 0 spiro atoms. The zero-order valence-corrected chi connectivity index (χ0v) is 13.7. The number of hydrogen-bond donors (Lipinski definition) is 2. The third-order valence-electron chi connectivity index (χ3n) is 3.05. The Bertz CT molecular complexity index is 698. The van der Waals surface area contributed by atoms with Crippen LogP contribution >= 0.6 is 0 Å². The van der Waals surface area contributed by atoms with E-state index in [0.29, 0.717) is 29.4 Å². The molecular weight excluding hydrogens is 330 g/mol. The van der Waals surface area contributed by atoms with Crippen LogP contribution in [0.15, 0.2) is 28.8 Å². The van der Waals surface area contributed by atoms with Crippen molar-refractivity contribution in [3.05, 3.63) is 41.5 Å². The molecule has 0 aliphatic rings. The highest BCUT2D eigenvalue weighted by atomic mass is 16.5. The van der Waals surface area contributed by atoms with Gasteiger partial charge in [0.1, 0.15) is 12.4 Å². The van der Waals surface area contributed by atoms with Crippen molar-refractivity contribution in [2.24, 2.45) is 0 Å². The number of aromatic nitrogens is 2. The fraction of sp³-hybridized carbons (Fsp3) is 0.375. The first-order valence-electron chi connectivity index (χ1n) is 7.70. The molecule has 0 fully saturated rings. The summed E-state index contributed by atoms with van der Waals surface area (Å²) in [4.78, 5) is 26.3. The van der Waals surface area contributed by atoms with Crippen molar-refractivity contribution in [2.45, 2.75) is 20.0 Å². The summed E-state index contributed by atoms with van der Waals surface area (Å²) in [6, 6.07) is 6.57. The van der Waals surface area contributed by atoms with Crippen LogP contribution in [0.5, 0.6) is 5.75 Å². The molecule has 25 heavy (non-hydrogen) atoms. The predicted molar refractivity (Wildman–Crippen MR) is 85.2 cm³/mol. The second kappa shape index (κ2) is 9.38. The van der Waals surface area contributed by atoms with Gasteiger partial charge in [0.15, 0.2) is 6.61 Å². The second-order valence-corrected chi connectivity index (χ2v) is 4.97. The number of rotatable bonds is 10. The Morgan fingerprint density at radius 1 is 1.28 bits per heavy atom. The summed E-state index contributed by atoms with van der Waals surface area (Å²) < 4.78 is 15.3. The number of aliphatic carboxylic acids is 1. The van der Waals surface area contributed by atoms with Gasteiger partial charge < -0.3 is 24.4 Å². The number of nitrogens with zero attached hydrogens (tertiary/aromatic N) is 2. The maximum absolute atomic E-state index is 11.9. The van der Waals surface area contributed by atoms with Crippen molar-refractivity contribution in [1.29, 1.82) is 0 Å². The van der Waals surface area contributed by atoms with Crippen molar-refractivity contribution < 1.29 is 28.7 Å². The lowest BCUT2D eigenvalue weighted by Crippen LogP contribution is -2.27. The molecule has 134 valence electrons. The minimum absolute atomic E-state index is 0.129. The highest BCUT2D eigenvalue weighted by Crippen LogP contribution is 2.13. The van der Waals surface area contributed by atoms with E-state index in [1.807, 2.05) is 6.92 Å². The van der Waals surface area contributed by atoms with Crippen LogP contribution in [0.1, 0.15) is 29.0 Å². The zero-order chi connectivity index (χ0) is 18.1. The molecule has 2 N–H and O–H groups in total. The SMILES string of the molecule is CCc1nc(COc2ccc(C(=O)NCCOCC(=O)O)cc2)no1. The molecule has 0 saturated heterocycles. The summed E-state index contributed by atoms with van der Waals surface area (Å²) in [7, 11) is 0. The van der Waals surface area contributed by atoms with Crippen LogP contribution < -0.4 is 10.1 Å². The Hall–Kier alpha value is -2.94. The number of aryl methyl sites for hydroxylation is 1. The van der Waals surface area contributed by atoms with Crippen LogP contribution in [0.25, 0.3) is 0 Å². The summed E-state index contributed by atoms with van der Waals surface area (Å²) in [6.45, 7) is 2.06. The summed E-state index contributed by atoms with van der Waals surface area (Å²) in [5, 5.41) is 14.8. The van der Waals surface area contributed by atoms with Gasteiger partial charge in [0.05, 0.1) is 6.61 Å². The summed E-state index contributed by atoms with van der Waals surface area (Å²) in [5.74, 6) is 0.257. The third-order valence-corrected chi connectivity index (χ3v) is 3.05. The zero-order valence-electron chi connectivity index (χ0n) is 13.7. The lowest BCUT2D eigenvalue weighted by atomic mass is 10.2. The molecule has 0 saturated carbocycles. The summed E-state index contributed by atoms with van der Waals surface area (Å²) in [6.07, 6.45) is 0.665. The number of benzene rings is 1. The Morgan fingerprint density at radius 2 is 2.04 bits per heavy atom. The Labute approximate surface area is 143 Å².